The van der Waals surface area contributed by atoms with Crippen LogP contribution in [0.25, 0.3) is 0 Å². The molecule has 0 aromatic heterocycles. The highest BCUT2D eigenvalue weighted by atomic mass is 16.5. The smallest absolute Gasteiger partial charge is 0.250 e. The second-order valence-corrected chi connectivity index (χ2v) is 8.08. The number of benzene rings is 1. The van der Waals surface area contributed by atoms with E-state index in [0.717, 1.165) is 12.0 Å². The highest BCUT2D eigenvalue weighted by molar-refractivity contribution is 6.15. The number of imide groups is 1. The number of hydrogen-bond acceptors (Lipinski definition) is 6. The highest BCUT2D eigenvalue weighted by Crippen LogP contribution is 2.53. The Morgan fingerprint density at radius 2 is 2.03 bits per heavy atom. The largest absolute Gasteiger partial charge is 0.392 e. The maximum Gasteiger partial charge on any atom is 0.250 e. The zero-order valence-corrected chi connectivity index (χ0v) is 16.9. The van der Waals surface area contributed by atoms with Crippen LogP contribution in [-0.2, 0) is 31.1 Å². The van der Waals surface area contributed by atoms with E-state index in [1.54, 1.807) is 14.0 Å². The van der Waals surface area contributed by atoms with E-state index < -0.39 is 29.5 Å². The summed E-state index contributed by atoms with van der Waals surface area (Å²) < 4.78 is 5.04. The molecular weight excluding hydrogens is 374 g/mol. The van der Waals surface area contributed by atoms with E-state index in [4.69, 9.17) is 4.74 Å². The Morgan fingerprint density at radius 3 is 2.69 bits per heavy atom. The first kappa shape index (κ1) is 20.0. The number of carbonyl (C=O) groups excluding carboxylic acids is 3. The SMILES string of the molecule is CCc1ccc2c(c1)[C@]1(N[C@H]([C@H](C)O)[C@H]3C(=O)N(CCCOC)C(=O)[C@@H]31)C(=O)N2. The van der Waals surface area contributed by atoms with Crippen LogP contribution < -0.4 is 10.6 Å². The first-order chi connectivity index (χ1) is 13.9. The minimum atomic E-state index is -1.35. The van der Waals surface area contributed by atoms with Gasteiger partial charge in [-0.2, -0.15) is 0 Å². The number of rotatable bonds is 6. The summed E-state index contributed by atoms with van der Waals surface area (Å²) in [6.45, 7) is 4.27. The van der Waals surface area contributed by atoms with Crippen LogP contribution in [0.1, 0.15) is 31.4 Å². The van der Waals surface area contributed by atoms with Crippen molar-refractivity contribution in [1.29, 1.82) is 0 Å². The van der Waals surface area contributed by atoms with Gasteiger partial charge in [-0.3, -0.25) is 24.6 Å². The van der Waals surface area contributed by atoms with Crippen molar-refractivity contribution >= 4 is 23.4 Å². The van der Waals surface area contributed by atoms with Gasteiger partial charge in [0.2, 0.25) is 17.7 Å². The molecule has 2 saturated heterocycles. The molecule has 5 atom stereocenters. The average Bonchev–Trinajstić information content (AvgIpc) is 3.28. The Bertz CT molecular complexity index is 870. The molecule has 0 bridgehead atoms. The summed E-state index contributed by atoms with van der Waals surface area (Å²) in [5.74, 6) is -2.72. The molecule has 3 heterocycles. The molecule has 4 rings (SSSR count). The van der Waals surface area contributed by atoms with E-state index in [9.17, 15) is 19.5 Å². The number of aryl methyl sites for hydroxylation is 1. The molecule has 29 heavy (non-hydrogen) atoms. The van der Waals surface area contributed by atoms with Crippen molar-refractivity contribution < 1.29 is 24.2 Å². The number of anilines is 1. The van der Waals surface area contributed by atoms with Crippen LogP contribution in [0, 0.1) is 11.8 Å². The van der Waals surface area contributed by atoms with E-state index in [1.165, 1.54) is 4.90 Å². The third kappa shape index (κ3) is 2.73. The fraction of sp³-hybridized carbons (Fsp3) is 0.571. The molecule has 0 unspecified atom stereocenters. The predicted molar refractivity (Wildman–Crippen MR) is 105 cm³/mol. The Kier molecular flexibility index (Phi) is 4.96. The normalized spacial score (nSPS) is 31.4. The van der Waals surface area contributed by atoms with Crippen LogP contribution in [0.3, 0.4) is 0 Å². The zero-order chi connectivity index (χ0) is 20.9. The summed E-state index contributed by atoms with van der Waals surface area (Å²) in [6, 6.07) is 5.01. The van der Waals surface area contributed by atoms with Crippen LogP contribution in [0.5, 0.6) is 0 Å². The lowest BCUT2D eigenvalue weighted by Gasteiger charge is -2.30. The number of fused-ring (bicyclic) bond motifs is 4. The highest BCUT2D eigenvalue weighted by Gasteiger charge is 2.70. The third-order valence-electron chi connectivity index (χ3n) is 6.46. The van der Waals surface area contributed by atoms with Gasteiger partial charge >= 0.3 is 0 Å². The van der Waals surface area contributed by atoms with Gasteiger partial charge in [-0.15, -0.1) is 0 Å². The van der Waals surface area contributed by atoms with Crippen LogP contribution in [0.2, 0.25) is 0 Å². The van der Waals surface area contributed by atoms with Crippen molar-refractivity contribution in [2.75, 3.05) is 25.6 Å². The first-order valence-corrected chi connectivity index (χ1v) is 10.1. The molecule has 156 valence electrons. The molecule has 8 nitrogen and oxygen atoms in total. The van der Waals surface area contributed by atoms with E-state index in [-0.39, 0.29) is 24.3 Å². The Balaban J connectivity index is 1.81. The molecule has 0 aliphatic carbocycles. The van der Waals surface area contributed by atoms with Gasteiger partial charge < -0.3 is 15.2 Å². The van der Waals surface area contributed by atoms with Gasteiger partial charge in [0, 0.05) is 37.6 Å². The molecule has 0 saturated carbocycles. The van der Waals surface area contributed by atoms with E-state index in [1.807, 2.05) is 25.1 Å². The first-order valence-electron chi connectivity index (χ1n) is 10.1. The minimum absolute atomic E-state index is 0.241. The number of aliphatic hydroxyl groups excluding tert-OH is 1. The Labute approximate surface area is 169 Å². The lowest BCUT2D eigenvalue weighted by molar-refractivity contribution is -0.143. The summed E-state index contributed by atoms with van der Waals surface area (Å²) in [7, 11) is 1.57. The van der Waals surface area contributed by atoms with Gasteiger partial charge in [0.25, 0.3) is 0 Å². The fourth-order valence-electron chi connectivity index (χ4n) is 5.06. The van der Waals surface area contributed by atoms with Gasteiger partial charge in [-0.05, 0) is 31.4 Å². The van der Waals surface area contributed by atoms with Crippen LogP contribution in [-0.4, -0.2) is 60.1 Å². The lowest BCUT2D eigenvalue weighted by atomic mass is 9.76. The summed E-state index contributed by atoms with van der Waals surface area (Å²) >= 11 is 0. The molecule has 3 N–H and O–H groups in total. The van der Waals surface area contributed by atoms with Crippen molar-refractivity contribution in [3.05, 3.63) is 29.3 Å². The molecule has 1 aromatic carbocycles. The number of hydrogen-bond donors (Lipinski definition) is 3. The van der Waals surface area contributed by atoms with Crippen LogP contribution in [0.15, 0.2) is 18.2 Å². The number of aliphatic hydroxyl groups is 1. The van der Waals surface area contributed by atoms with Gasteiger partial charge in [0.15, 0.2) is 0 Å². The Morgan fingerprint density at radius 1 is 1.28 bits per heavy atom. The predicted octanol–water partition coefficient (Wildman–Crippen LogP) is 0.387. The van der Waals surface area contributed by atoms with E-state index in [0.29, 0.717) is 24.3 Å². The van der Waals surface area contributed by atoms with Gasteiger partial charge in [0.05, 0.1) is 17.9 Å². The van der Waals surface area contributed by atoms with Crippen LogP contribution >= 0.6 is 0 Å². The summed E-state index contributed by atoms with van der Waals surface area (Å²) in [6.07, 6.45) is 0.404. The molecule has 3 aliphatic rings. The number of ether oxygens (including phenoxy) is 1. The Hall–Kier alpha value is -2.29. The maximum absolute atomic E-state index is 13.4. The standard InChI is InChI=1S/C21H27N3O5/c1-4-12-6-7-14-13(10-12)21(20(28)22-14)16-15(17(23-21)11(2)25)18(26)24(19(16)27)8-5-9-29-3/h6-7,10-11,15-17,23,25H,4-5,8-9H2,1-3H3,(H,22,28)/t11-,15-,16+,17+,21+/m0/s1. The summed E-state index contributed by atoms with van der Waals surface area (Å²) in [5, 5.41) is 16.5. The topological polar surface area (TPSA) is 108 Å². The maximum atomic E-state index is 13.4. The number of nitrogens with zero attached hydrogens (tertiary/aromatic N) is 1. The fourth-order valence-corrected chi connectivity index (χ4v) is 5.06. The molecule has 1 spiro atoms. The van der Waals surface area contributed by atoms with Crippen molar-refractivity contribution in [2.45, 2.75) is 44.4 Å². The monoisotopic (exact) mass is 401 g/mol. The van der Waals surface area contributed by atoms with Crippen LogP contribution in [0.4, 0.5) is 5.69 Å². The number of likely N-dealkylation sites (tertiary alicyclic amines) is 1. The molecule has 3 amide bonds. The third-order valence-corrected chi connectivity index (χ3v) is 6.46. The van der Waals surface area contributed by atoms with E-state index in [2.05, 4.69) is 10.6 Å². The molecule has 3 aliphatic heterocycles. The molecule has 8 heteroatoms. The van der Waals surface area contributed by atoms with Gasteiger partial charge in [0.1, 0.15) is 5.54 Å². The van der Waals surface area contributed by atoms with Crippen molar-refractivity contribution in [3.63, 3.8) is 0 Å². The second-order valence-electron chi connectivity index (χ2n) is 8.08. The number of methoxy groups -OCH3 is 1. The molecule has 2 fully saturated rings. The lowest BCUT2D eigenvalue weighted by Crippen LogP contribution is -2.54. The number of amides is 3. The van der Waals surface area contributed by atoms with Gasteiger partial charge in [-0.1, -0.05) is 19.1 Å². The zero-order valence-electron chi connectivity index (χ0n) is 16.9. The molecule has 1 aromatic rings. The van der Waals surface area contributed by atoms with E-state index >= 15 is 0 Å². The summed E-state index contributed by atoms with van der Waals surface area (Å²) in [5.41, 5.74) is 1.00. The van der Waals surface area contributed by atoms with Crippen molar-refractivity contribution in [2.24, 2.45) is 11.8 Å². The number of nitrogens with one attached hydrogen (secondary N) is 2. The minimum Gasteiger partial charge on any atom is -0.392 e. The average molecular weight is 401 g/mol. The number of carbonyl (C=O) groups is 3. The van der Waals surface area contributed by atoms with Crippen molar-refractivity contribution in [1.82, 2.24) is 10.2 Å². The second kappa shape index (κ2) is 7.19. The van der Waals surface area contributed by atoms with Crippen molar-refractivity contribution in [3.8, 4) is 0 Å². The molecular formula is C21H27N3O5. The van der Waals surface area contributed by atoms with Gasteiger partial charge in [-0.25, -0.2) is 0 Å². The quantitative estimate of drug-likeness (QED) is 0.470. The summed E-state index contributed by atoms with van der Waals surface area (Å²) in [4.78, 5) is 41.0. The molecule has 0 radical (unpaired) electrons.